The molecule has 0 atom stereocenters. The normalized spacial score (nSPS) is 12.7. The van der Waals surface area contributed by atoms with Crippen molar-refractivity contribution < 1.29 is 26.3 Å². The maximum absolute atomic E-state index is 15.1. The Morgan fingerprint density at radius 1 is 0.435 bits per heavy atom. The predicted octanol–water partition coefficient (Wildman–Crippen LogP) is 16.2. The first-order valence-corrected chi connectivity index (χ1v) is 21.2. The molecular formula is C51H25F6N3S2. The van der Waals surface area contributed by atoms with E-state index in [9.17, 15) is 5.26 Å². The molecule has 0 N–H and O–H groups in total. The quantitative estimate of drug-likeness (QED) is 0.163. The Balaban J connectivity index is 1.35. The monoisotopic (exact) mass is 857 g/mol. The van der Waals surface area contributed by atoms with Crippen LogP contribution >= 0.6 is 22.7 Å². The van der Waals surface area contributed by atoms with Crippen LogP contribution < -0.4 is 0 Å². The predicted molar refractivity (Wildman–Crippen MR) is 241 cm³/mol. The number of nitriles is 1. The van der Waals surface area contributed by atoms with Crippen LogP contribution in [0.3, 0.4) is 0 Å². The van der Waals surface area contributed by atoms with E-state index in [2.05, 4.69) is 36.4 Å². The molecule has 0 radical (unpaired) electrons. The number of thiophene rings is 2. The van der Waals surface area contributed by atoms with Gasteiger partial charge in [0.15, 0.2) is 0 Å². The first kappa shape index (κ1) is 36.7. The van der Waals surface area contributed by atoms with Gasteiger partial charge in [0.25, 0.3) is 0 Å². The SMILES string of the molecule is N#Cc1cc(-n2c3ccccc3c3ccc4sc5ccccc5c4c32)c(-n2c3ccccc3c3ccc4sc5ccccc5c4c32)cc1-c1c(C(F)(F)F)cccc1C(F)(F)F. The molecule has 0 bridgehead atoms. The molecule has 12 rings (SSSR count). The first-order chi connectivity index (χ1) is 30.0. The average molecular weight is 858 g/mol. The van der Waals surface area contributed by atoms with Gasteiger partial charge in [0.2, 0.25) is 0 Å². The third-order valence-corrected chi connectivity index (χ3v) is 14.3. The van der Waals surface area contributed by atoms with Crippen LogP contribution in [0, 0.1) is 11.3 Å². The van der Waals surface area contributed by atoms with Gasteiger partial charge < -0.3 is 9.13 Å². The molecule has 0 saturated heterocycles. The van der Waals surface area contributed by atoms with Crippen LogP contribution in [0.5, 0.6) is 0 Å². The van der Waals surface area contributed by atoms with Crippen LogP contribution in [0.1, 0.15) is 16.7 Å². The Bertz CT molecular complexity index is 3900. The standard InChI is InChI=1S/C51H25F6N3S2/c52-50(53,54)35-14-9-15-36(51(55,56)57)45(35)34-25-40(60-38-17-6-2-11-29(38)31-21-23-44-47(49(31)60)33-13-4-8-19-42(33)62-44)39(24-27(34)26-58)59-37-16-5-1-10-28(37)30-20-22-43-46(48(30)59)32-12-3-7-18-41(32)61-43/h1-25H. The summed E-state index contributed by atoms with van der Waals surface area (Å²) >= 11 is 3.24. The number of benzene rings is 8. The van der Waals surface area contributed by atoms with Gasteiger partial charge in [-0.25, -0.2) is 0 Å². The van der Waals surface area contributed by atoms with Gasteiger partial charge in [0, 0.05) is 73.0 Å². The van der Waals surface area contributed by atoms with Crippen LogP contribution in [0.4, 0.5) is 26.3 Å². The summed E-state index contributed by atoms with van der Waals surface area (Å²) in [5.74, 6) is 0. The number of halogens is 6. The lowest BCUT2D eigenvalue weighted by Gasteiger charge is -2.23. The highest BCUT2D eigenvalue weighted by Gasteiger charge is 2.42. The minimum Gasteiger partial charge on any atom is -0.306 e. The Morgan fingerprint density at radius 2 is 0.871 bits per heavy atom. The number of nitrogens with zero attached hydrogens (tertiary/aromatic N) is 3. The molecule has 0 amide bonds. The molecule has 3 nitrogen and oxygen atoms in total. The third-order valence-electron chi connectivity index (χ3n) is 12.0. The Kier molecular flexibility index (Phi) is 7.66. The van der Waals surface area contributed by atoms with Gasteiger partial charge >= 0.3 is 12.4 Å². The van der Waals surface area contributed by atoms with Crippen molar-refractivity contribution in [2.45, 2.75) is 12.4 Å². The molecule has 62 heavy (non-hydrogen) atoms. The van der Waals surface area contributed by atoms with E-state index in [-0.39, 0.29) is 5.56 Å². The summed E-state index contributed by atoms with van der Waals surface area (Å²) in [5, 5.41) is 18.3. The van der Waals surface area contributed by atoms with Gasteiger partial charge in [-0.1, -0.05) is 91.0 Å². The van der Waals surface area contributed by atoms with Crippen LogP contribution in [0.2, 0.25) is 0 Å². The van der Waals surface area contributed by atoms with Gasteiger partial charge in [0.05, 0.1) is 56.2 Å². The van der Waals surface area contributed by atoms with Crippen molar-refractivity contribution in [1.82, 2.24) is 9.13 Å². The summed E-state index contributed by atoms with van der Waals surface area (Å²) in [6.45, 7) is 0. The Morgan fingerprint density at radius 3 is 1.34 bits per heavy atom. The number of hydrogen-bond acceptors (Lipinski definition) is 3. The molecular weight excluding hydrogens is 833 g/mol. The number of para-hydroxylation sites is 2. The fraction of sp³-hybridized carbons (Fsp3) is 0.0392. The van der Waals surface area contributed by atoms with E-state index in [0.717, 1.165) is 84.5 Å². The van der Waals surface area contributed by atoms with E-state index >= 15 is 26.3 Å². The van der Waals surface area contributed by atoms with Crippen molar-refractivity contribution in [3.05, 3.63) is 168 Å². The highest BCUT2D eigenvalue weighted by atomic mass is 32.1. The summed E-state index contributed by atoms with van der Waals surface area (Å²) in [7, 11) is 0. The van der Waals surface area contributed by atoms with Gasteiger partial charge in [-0.2, -0.15) is 31.6 Å². The number of hydrogen-bond donors (Lipinski definition) is 0. The van der Waals surface area contributed by atoms with E-state index in [0.29, 0.717) is 29.0 Å². The Hall–Kier alpha value is -7.13. The molecule has 11 heteroatoms. The summed E-state index contributed by atoms with van der Waals surface area (Å²) in [4.78, 5) is 0. The smallest absolute Gasteiger partial charge is 0.306 e. The lowest BCUT2D eigenvalue weighted by atomic mass is 9.89. The highest BCUT2D eigenvalue weighted by molar-refractivity contribution is 7.26. The van der Waals surface area contributed by atoms with Gasteiger partial charge in [0.1, 0.15) is 0 Å². The second-order valence-electron chi connectivity index (χ2n) is 15.3. The minimum absolute atomic E-state index is 0.303. The molecule has 12 aromatic rings. The molecule has 0 fully saturated rings. The van der Waals surface area contributed by atoms with E-state index in [1.54, 1.807) is 22.7 Å². The van der Waals surface area contributed by atoms with Crippen molar-refractivity contribution in [3.8, 4) is 28.6 Å². The number of fused-ring (bicyclic) bond motifs is 14. The molecule has 0 aliphatic heterocycles. The van der Waals surface area contributed by atoms with Crippen molar-refractivity contribution in [1.29, 1.82) is 5.26 Å². The van der Waals surface area contributed by atoms with Crippen molar-refractivity contribution in [3.63, 3.8) is 0 Å². The minimum atomic E-state index is -5.19. The summed E-state index contributed by atoms with van der Waals surface area (Å²) in [6, 6.07) is 46.7. The topological polar surface area (TPSA) is 33.6 Å². The Labute approximate surface area is 355 Å². The van der Waals surface area contributed by atoms with Gasteiger partial charge in [-0.15, -0.1) is 22.7 Å². The first-order valence-electron chi connectivity index (χ1n) is 19.5. The van der Waals surface area contributed by atoms with Crippen LogP contribution in [0.15, 0.2) is 152 Å². The molecule has 0 spiro atoms. The molecule has 4 aromatic heterocycles. The van der Waals surface area contributed by atoms with E-state index in [1.807, 2.05) is 100 Å². The number of rotatable bonds is 3. The van der Waals surface area contributed by atoms with Crippen molar-refractivity contribution >= 4 is 107 Å². The zero-order valence-electron chi connectivity index (χ0n) is 31.9. The van der Waals surface area contributed by atoms with Crippen molar-refractivity contribution in [2.24, 2.45) is 0 Å². The molecule has 8 aromatic carbocycles. The highest BCUT2D eigenvalue weighted by Crippen LogP contribution is 2.50. The van der Waals surface area contributed by atoms with Crippen LogP contribution in [-0.2, 0) is 12.4 Å². The summed E-state index contributed by atoms with van der Waals surface area (Å²) in [5.41, 5.74) is -1.19. The molecule has 0 aliphatic rings. The van der Waals surface area contributed by atoms with Crippen molar-refractivity contribution in [2.75, 3.05) is 0 Å². The second-order valence-corrected chi connectivity index (χ2v) is 17.5. The zero-order valence-corrected chi connectivity index (χ0v) is 33.5. The van der Waals surface area contributed by atoms with Gasteiger partial charge in [-0.3, -0.25) is 0 Å². The largest absolute Gasteiger partial charge is 0.417 e. The third kappa shape index (κ3) is 5.11. The fourth-order valence-corrected chi connectivity index (χ4v) is 11.8. The zero-order chi connectivity index (χ0) is 42.2. The van der Waals surface area contributed by atoms with Crippen LogP contribution in [-0.4, -0.2) is 9.13 Å². The number of alkyl halides is 6. The molecule has 0 aliphatic carbocycles. The summed E-state index contributed by atoms with van der Waals surface area (Å²) < 4.78 is 98.4. The average Bonchev–Trinajstić information content (AvgIpc) is 4.02. The second kappa shape index (κ2) is 12.9. The van der Waals surface area contributed by atoms with Gasteiger partial charge in [-0.05, 0) is 60.7 Å². The van der Waals surface area contributed by atoms with E-state index in [1.165, 1.54) is 12.1 Å². The molecule has 4 heterocycles. The summed E-state index contributed by atoms with van der Waals surface area (Å²) in [6.07, 6.45) is -10.4. The van der Waals surface area contributed by atoms with E-state index < -0.39 is 34.6 Å². The molecule has 0 saturated carbocycles. The molecule has 298 valence electrons. The molecule has 0 unspecified atom stereocenters. The lowest BCUT2D eigenvalue weighted by molar-refractivity contribution is -0.142. The lowest BCUT2D eigenvalue weighted by Crippen LogP contribution is -2.15. The maximum Gasteiger partial charge on any atom is 0.417 e. The van der Waals surface area contributed by atoms with E-state index in [4.69, 9.17) is 0 Å². The number of aromatic nitrogens is 2. The fourth-order valence-electron chi connectivity index (χ4n) is 9.58. The maximum atomic E-state index is 15.1. The van der Waals surface area contributed by atoms with Crippen LogP contribution in [0.25, 0.3) is 106 Å².